The third kappa shape index (κ3) is 1.65. The molecule has 0 N–H and O–H groups in total. The molecule has 4 heteroatoms. The van der Waals surface area contributed by atoms with Crippen molar-refractivity contribution >= 4 is 0 Å². The van der Waals surface area contributed by atoms with Gasteiger partial charge in [-0.15, -0.1) is 0 Å². The van der Waals surface area contributed by atoms with Crippen molar-refractivity contribution in [2.24, 2.45) is 0 Å². The molecule has 0 aliphatic carbocycles. The number of halogens is 1. The van der Waals surface area contributed by atoms with Crippen LogP contribution in [0.2, 0.25) is 0 Å². The summed E-state index contributed by atoms with van der Waals surface area (Å²) in [5, 5.41) is 17.1. The quantitative estimate of drug-likeness (QED) is 0.714. The molecule has 1 aromatic carbocycles. The van der Waals surface area contributed by atoms with Crippen LogP contribution in [0.3, 0.4) is 0 Å². The Labute approximate surface area is 81.0 Å². The van der Waals surface area contributed by atoms with Crippen LogP contribution < -0.4 is 4.74 Å². The van der Waals surface area contributed by atoms with Gasteiger partial charge in [0, 0.05) is 5.56 Å². The van der Waals surface area contributed by atoms with Crippen molar-refractivity contribution in [2.75, 3.05) is 7.11 Å². The number of rotatable bonds is 2. The van der Waals surface area contributed by atoms with Gasteiger partial charge in [0.15, 0.2) is 0 Å². The zero-order valence-corrected chi connectivity index (χ0v) is 7.54. The summed E-state index contributed by atoms with van der Waals surface area (Å²) in [6, 6.07) is 6.45. The van der Waals surface area contributed by atoms with Gasteiger partial charge in [-0.3, -0.25) is 0 Å². The minimum atomic E-state index is -0.673. The highest BCUT2D eigenvalue weighted by Gasteiger charge is 2.12. The largest absolute Gasteiger partial charge is 0.495 e. The molecule has 14 heavy (non-hydrogen) atoms. The van der Waals surface area contributed by atoms with Crippen LogP contribution in [0.25, 0.3) is 0 Å². The van der Waals surface area contributed by atoms with Crippen molar-refractivity contribution in [3.8, 4) is 17.9 Å². The molecule has 0 fully saturated rings. The molecule has 0 atom stereocenters. The number of methoxy groups -OCH3 is 1. The Kier molecular flexibility index (Phi) is 3.04. The normalized spacial score (nSPS) is 8.86. The molecule has 70 valence electrons. The number of benzene rings is 1. The van der Waals surface area contributed by atoms with Crippen molar-refractivity contribution in [3.05, 3.63) is 29.1 Å². The first-order valence-electron chi connectivity index (χ1n) is 3.87. The first kappa shape index (κ1) is 10.0. The highest BCUT2D eigenvalue weighted by atomic mass is 19.1. The maximum absolute atomic E-state index is 13.5. The minimum Gasteiger partial charge on any atom is -0.495 e. The van der Waals surface area contributed by atoms with Gasteiger partial charge in [0.2, 0.25) is 0 Å². The van der Waals surface area contributed by atoms with Crippen LogP contribution in [-0.2, 0) is 6.42 Å². The molecule has 0 bridgehead atoms. The van der Waals surface area contributed by atoms with Crippen LogP contribution in [-0.4, -0.2) is 7.11 Å². The first-order chi connectivity index (χ1) is 6.74. The lowest BCUT2D eigenvalue weighted by Gasteiger charge is -2.05. The Balaban J connectivity index is 3.31. The van der Waals surface area contributed by atoms with E-state index in [0.717, 1.165) is 0 Å². The van der Waals surface area contributed by atoms with E-state index < -0.39 is 5.82 Å². The summed E-state index contributed by atoms with van der Waals surface area (Å²) in [6.07, 6.45) is -0.0511. The van der Waals surface area contributed by atoms with Gasteiger partial charge < -0.3 is 4.74 Å². The molecule has 0 radical (unpaired) electrons. The van der Waals surface area contributed by atoms with Crippen molar-refractivity contribution in [1.82, 2.24) is 0 Å². The predicted octanol–water partition coefficient (Wildman–Crippen LogP) is 1.77. The molecule has 0 spiro atoms. The van der Waals surface area contributed by atoms with E-state index in [-0.39, 0.29) is 23.3 Å². The second-order valence-electron chi connectivity index (χ2n) is 2.56. The van der Waals surface area contributed by atoms with Gasteiger partial charge in [-0.2, -0.15) is 10.5 Å². The lowest BCUT2D eigenvalue weighted by molar-refractivity contribution is 0.409. The van der Waals surface area contributed by atoms with Crippen LogP contribution in [0.4, 0.5) is 4.39 Å². The fourth-order valence-electron chi connectivity index (χ4n) is 1.10. The molecule has 0 amide bonds. The molecular formula is C10H7FN2O. The molecule has 0 aromatic heterocycles. The molecule has 0 heterocycles. The number of nitriles is 2. The second-order valence-corrected chi connectivity index (χ2v) is 2.56. The third-order valence-corrected chi connectivity index (χ3v) is 1.78. The van der Waals surface area contributed by atoms with Gasteiger partial charge in [0.05, 0.1) is 19.6 Å². The van der Waals surface area contributed by atoms with E-state index in [1.165, 1.54) is 19.2 Å². The summed E-state index contributed by atoms with van der Waals surface area (Å²) in [5.74, 6) is -0.486. The number of ether oxygens (including phenoxy) is 1. The van der Waals surface area contributed by atoms with Crippen molar-refractivity contribution in [3.63, 3.8) is 0 Å². The van der Waals surface area contributed by atoms with Crippen LogP contribution in [0.5, 0.6) is 5.75 Å². The van der Waals surface area contributed by atoms with Crippen LogP contribution in [0.15, 0.2) is 12.1 Å². The second kappa shape index (κ2) is 4.25. The molecule has 0 aliphatic rings. The van der Waals surface area contributed by atoms with Crippen LogP contribution in [0.1, 0.15) is 11.1 Å². The van der Waals surface area contributed by atoms with Crippen LogP contribution in [0, 0.1) is 28.5 Å². The Hall–Kier alpha value is -2.07. The number of hydrogen-bond donors (Lipinski definition) is 0. The number of nitrogens with zero attached hydrogens (tertiary/aromatic N) is 2. The highest BCUT2D eigenvalue weighted by Crippen LogP contribution is 2.23. The van der Waals surface area contributed by atoms with E-state index in [9.17, 15) is 4.39 Å². The Morgan fingerprint density at radius 2 is 2.14 bits per heavy atom. The topological polar surface area (TPSA) is 56.8 Å². The number of hydrogen-bond acceptors (Lipinski definition) is 3. The van der Waals surface area contributed by atoms with Gasteiger partial charge in [0.1, 0.15) is 23.2 Å². The van der Waals surface area contributed by atoms with Gasteiger partial charge in [-0.05, 0) is 6.07 Å². The smallest absolute Gasteiger partial charge is 0.148 e. The zero-order chi connectivity index (χ0) is 10.6. The monoisotopic (exact) mass is 190 g/mol. The summed E-state index contributed by atoms with van der Waals surface area (Å²) >= 11 is 0. The van der Waals surface area contributed by atoms with Crippen molar-refractivity contribution in [2.45, 2.75) is 6.42 Å². The van der Waals surface area contributed by atoms with Crippen molar-refractivity contribution in [1.29, 1.82) is 10.5 Å². The van der Waals surface area contributed by atoms with Gasteiger partial charge in [-0.1, -0.05) is 6.07 Å². The Morgan fingerprint density at radius 3 is 2.64 bits per heavy atom. The van der Waals surface area contributed by atoms with E-state index >= 15 is 0 Å². The summed E-state index contributed by atoms with van der Waals surface area (Å²) in [4.78, 5) is 0. The molecule has 0 saturated heterocycles. The van der Waals surface area contributed by atoms with E-state index in [1.807, 2.05) is 6.07 Å². The van der Waals surface area contributed by atoms with Gasteiger partial charge in [-0.25, -0.2) is 4.39 Å². The maximum Gasteiger partial charge on any atom is 0.148 e. The fourth-order valence-corrected chi connectivity index (χ4v) is 1.10. The molecule has 0 saturated carbocycles. The molecule has 0 aliphatic heterocycles. The minimum absolute atomic E-state index is 0.0511. The van der Waals surface area contributed by atoms with Crippen LogP contribution >= 0.6 is 0 Å². The first-order valence-corrected chi connectivity index (χ1v) is 3.87. The Bertz CT molecular complexity index is 429. The fraction of sp³-hybridized carbons (Fsp3) is 0.200. The van der Waals surface area contributed by atoms with E-state index in [0.29, 0.717) is 0 Å². The SMILES string of the molecule is COc1ccc(CC#N)c(F)c1C#N. The standard InChI is InChI=1S/C10H7FN2O/c1-14-9-3-2-7(4-5-12)10(11)8(9)6-13/h2-3H,4H2,1H3. The van der Waals surface area contributed by atoms with E-state index in [4.69, 9.17) is 15.3 Å². The maximum atomic E-state index is 13.5. The van der Waals surface area contributed by atoms with E-state index in [2.05, 4.69) is 0 Å². The van der Waals surface area contributed by atoms with Crippen molar-refractivity contribution < 1.29 is 9.13 Å². The third-order valence-electron chi connectivity index (χ3n) is 1.78. The van der Waals surface area contributed by atoms with E-state index in [1.54, 1.807) is 6.07 Å². The highest BCUT2D eigenvalue weighted by molar-refractivity contribution is 5.47. The Morgan fingerprint density at radius 1 is 1.43 bits per heavy atom. The van der Waals surface area contributed by atoms with Gasteiger partial charge in [0.25, 0.3) is 0 Å². The summed E-state index contributed by atoms with van der Waals surface area (Å²) < 4.78 is 18.3. The zero-order valence-electron chi connectivity index (χ0n) is 7.54. The molecule has 1 aromatic rings. The summed E-state index contributed by atoms with van der Waals surface area (Å²) in [7, 11) is 1.36. The predicted molar refractivity (Wildman–Crippen MR) is 47.0 cm³/mol. The molecule has 0 unspecified atom stereocenters. The average Bonchev–Trinajstić information content (AvgIpc) is 2.21. The lowest BCUT2D eigenvalue weighted by Crippen LogP contribution is -1.96. The summed E-state index contributed by atoms with van der Waals surface area (Å²) in [6.45, 7) is 0. The molecule has 1 rings (SSSR count). The molecular weight excluding hydrogens is 183 g/mol. The van der Waals surface area contributed by atoms with Gasteiger partial charge >= 0.3 is 0 Å². The lowest BCUT2D eigenvalue weighted by atomic mass is 10.1. The average molecular weight is 190 g/mol. The molecule has 3 nitrogen and oxygen atoms in total. The summed E-state index contributed by atoms with van der Waals surface area (Å²) in [5.41, 5.74) is 0.0603.